The van der Waals surface area contributed by atoms with Crippen molar-refractivity contribution in [3.63, 3.8) is 0 Å². The lowest BCUT2D eigenvalue weighted by molar-refractivity contribution is 0.646. The molecule has 1 aliphatic rings. The zero-order valence-electron chi connectivity index (χ0n) is 12.5. The van der Waals surface area contributed by atoms with Crippen molar-refractivity contribution in [3.8, 4) is 0 Å². The molecule has 4 rings (SSSR count). The van der Waals surface area contributed by atoms with Crippen LogP contribution in [0, 0.1) is 0 Å². The topological polar surface area (TPSA) is 52.0 Å². The summed E-state index contributed by atoms with van der Waals surface area (Å²) in [6.07, 6.45) is 1.97. The van der Waals surface area contributed by atoms with Crippen molar-refractivity contribution in [1.82, 2.24) is 0 Å². The summed E-state index contributed by atoms with van der Waals surface area (Å²) < 4.78 is 0. The molecular weight excluding hydrogens is 268 g/mol. The van der Waals surface area contributed by atoms with Crippen LogP contribution in [0.15, 0.2) is 66.7 Å². The molecule has 0 bridgehead atoms. The van der Waals surface area contributed by atoms with Crippen LogP contribution in [0.2, 0.25) is 0 Å². The van der Waals surface area contributed by atoms with E-state index in [4.69, 9.17) is 11.5 Å². The van der Waals surface area contributed by atoms with E-state index < -0.39 is 0 Å². The molecule has 110 valence electrons. The Labute approximate surface area is 130 Å². The molecular formula is C20H20N2. The minimum atomic E-state index is -0.113. The quantitative estimate of drug-likeness (QED) is 0.719. The third-order valence-corrected chi connectivity index (χ3v) is 4.80. The van der Waals surface area contributed by atoms with Gasteiger partial charge in [-0.05, 0) is 46.9 Å². The highest BCUT2D eigenvalue weighted by Crippen LogP contribution is 2.51. The first-order chi connectivity index (χ1) is 10.6. The maximum absolute atomic E-state index is 6.61. The Morgan fingerprint density at radius 3 is 2.41 bits per heavy atom. The van der Waals surface area contributed by atoms with E-state index in [1.54, 1.807) is 0 Å². The molecule has 2 atom stereocenters. The molecule has 0 heterocycles. The van der Waals surface area contributed by atoms with Crippen LogP contribution < -0.4 is 11.5 Å². The van der Waals surface area contributed by atoms with Gasteiger partial charge in [0.25, 0.3) is 0 Å². The van der Waals surface area contributed by atoms with E-state index in [-0.39, 0.29) is 5.54 Å². The van der Waals surface area contributed by atoms with Crippen LogP contribution in [0.25, 0.3) is 10.8 Å². The Morgan fingerprint density at radius 2 is 1.64 bits per heavy atom. The molecule has 3 aromatic rings. The molecule has 2 nitrogen and oxygen atoms in total. The summed E-state index contributed by atoms with van der Waals surface area (Å²) in [5.41, 5.74) is 15.7. The number of fused-ring (bicyclic) bond motifs is 1. The van der Waals surface area contributed by atoms with E-state index in [0.29, 0.717) is 5.92 Å². The molecule has 0 spiro atoms. The lowest BCUT2D eigenvalue weighted by Crippen LogP contribution is -2.27. The number of nitrogens with two attached hydrogens (primary N) is 2. The smallest absolute Gasteiger partial charge is 0.0314 e. The molecule has 0 radical (unpaired) electrons. The van der Waals surface area contributed by atoms with Crippen LogP contribution in [0.1, 0.15) is 23.5 Å². The van der Waals surface area contributed by atoms with Gasteiger partial charge in [0, 0.05) is 17.1 Å². The summed E-state index contributed by atoms with van der Waals surface area (Å²) in [5.74, 6) is 0.444. The Kier molecular flexibility index (Phi) is 2.95. The van der Waals surface area contributed by atoms with Gasteiger partial charge in [0.05, 0.1) is 0 Å². The van der Waals surface area contributed by atoms with E-state index in [1.165, 1.54) is 21.9 Å². The SMILES string of the molecule is Nc1ccc(C2CC2(N)Cc2ccc3ccccc3c2)cc1. The third kappa shape index (κ3) is 2.36. The Balaban J connectivity index is 1.56. The summed E-state index contributed by atoms with van der Waals surface area (Å²) in [6, 6.07) is 23.3. The van der Waals surface area contributed by atoms with Crippen LogP contribution >= 0.6 is 0 Å². The number of rotatable bonds is 3. The molecule has 0 saturated heterocycles. The highest BCUT2D eigenvalue weighted by molar-refractivity contribution is 5.83. The van der Waals surface area contributed by atoms with Gasteiger partial charge in [0.2, 0.25) is 0 Å². The highest BCUT2D eigenvalue weighted by Gasteiger charge is 2.51. The van der Waals surface area contributed by atoms with Gasteiger partial charge in [-0.15, -0.1) is 0 Å². The zero-order chi connectivity index (χ0) is 15.2. The van der Waals surface area contributed by atoms with Crippen molar-refractivity contribution >= 4 is 16.5 Å². The second kappa shape index (κ2) is 4.85. The summed E-state index contributed by atoms with van der Waals surface area (Å²) in [4.78, 5) is 0. The highest BCUT2D eigenvalue weighted by atomic mass is 14.9. The van der Waals surface area contributed by atoms with Crippen LogP contribution in [0.3, 0.4) is 0 Å². The molecule has 2 heteroatoms. The van der Waals surface area contributed by atoms with Crippen molar-refractivity contribution in [2.45, 2.75) is 24.3 Å². The molecule has 1 aliphatic carbocycles. The zero-order valence-corrected chi connectivity index (χ0v) is 12.5. The van der Waals surface area contributed by atoms with Crippen molar-refractivity contribution in [2.24, 2.45) is 5.73 Å². The van der Waals surface area contributed by atoms with Crippen molar-refractivity contribution in [1.29, 1.82) is 0 Å². The molecule has 0 amide bonds. The second-order valence-electron chi connectivity index (χ2n) is 6.51. The summed E-state index contributed by atoms with van der Waals surface area (Å²) in [6.45, 7) is 0. The predicted octanol–water partition coefficient (Wildman–Crippen LogP) is 3.85. The van der Waals surface area contributed by atoms with Gasteiger partial charge in [-0.3, -0.25) is 0 Å². The fourth-order valence-corrected chi connectivity index (χ4v) is 3.42. The molecule has 22 heavy (non-hydrogen) atoms. The molecule has 3 aromatic carbocycles. The largest absolute Gasteiger partial charge is 0.399 e. The summed E-state index contributed by atoms with van der Waals surface area (Å²) in [7, 11) is 0. The number of benzene rings is 3. The van der Waals surface area contributed by atoms with Gasteiger partial charge < -0.3 is 11.5 Å². The van der Waals surface area contributed by atoms with Crippen molar-refractivity contribution < 1.29 is 0 Å². The number of hydrogen-bond acceptors (Lipinski definition) is 2. The van der Waals surface area contributed by atoms with Crippen molar-refractivity contribution in [3.05, 3.63) is 77.9 Å². The van der Waals surface area contributed by atoms with Crippen molar-refractivity contribution in [2.75, 3.05) is 5.73 Å². The maximum atomic E-state index is 6.61. The third-order valence-electron chi connectivity index (χ3n) is 4.80. The predicted molar refractivity (Wildman–Crippen MR) is 92.8 cm³/mol. The molecule has 4 N–H and O–H groups in total. The second-order valence-corrected chi connectivity index (χ2v) is 6.51. The molecule has 2 unspecified atom stereocenters. The number of hydrogen-bond donors (Lipinski definition) is 2. The Bertz CT molecular complexity index is 822. The lowest BCUT2D eigenvalue weighted by Gasteiger charge is -2.13. The first-order valence-corrected chi connectivity index (χ1v) is 7.76. The first-order valence-electron chi connectivity index (χ1n) is 7.76. The van der Waals surface area contributed by atoms with E-state index >= 15 is 0 Å². The van der Waals surface area contributed by atoms with E-state index in [1.807, 2.05) is 12.1 Å². The van der Waals surface area contributed by atoms with Gasteiger partial charge in [-0.2, -0.15) is 0 Å². The normalized spacial score (nSPS) is 23.6. The maximum Gasteiger partial charge on any atom is 0.0314 e. The van der Waals surface area contributed by atoms with Crippen LogP contribution in [0.4, 0.5) is 5.69 Å². The van der Waals surface area contributed by atoms with Gasteiger partial charge in [0.15, 0.2) is 0 Å². The monoisotopic (exact) mass is 288 g/mol. The van der Waals surface area contributed by atoms with Gasteiger partial charge in [-0.25, -0.2) is 0 Å². The summed E-state index contributed by atoms with van der Waals surface area (Å²) >= 11 is 0. The number of anilines is 1. The minimum absolute atomic E-state index is 0.113. The average molecular weight is 288 g/mol. The minimum Gasteiger partial charge on any atom is -0.399 e. The van der Waals surface area contributed by atoms with Crippen LogP contribution in [-0.4, -0.2) is 5.54 Å². The van der Waals surface area contributed by atoms with Gasteiger partial charge in [0.1, 0.15) is 0 Å². The van der Waals surface area contributed by atoms with Gasteiger partial charge in [-0.1, -0.05) is 54.6 Å². The van der Waals surface area contributed by atoms with E-state index in [2.05, 4.69) is 54.6 Å². The Hall–Kier alpha value is -2.32. The van der Waals surface area contributed by atoms with E-state index in [9.17, 15) is 0 Å². The number of nitrogen functional groups attached to an aromatic ring is 1. The molecule has 0 aromatic heterocycles. The molecule has 0 aliphatic heterocycles. The fourth-order valence-electron chi connectivity index (χ4n) is 3.42. The Morgan fingerprint density at radius 1 is 0.909 bits per heavy atom. The molecule has 1 saturated carbocycles. The van der Waals surface area contributed by atoms with E-state index in [0.717, 1.165) is 18.5 Å². The average Bonchev–Trinajstić information content (AvgIpc) is 3.19. The first kappa shape index (κ1) is 13.4. The lowest BCUT2D eigenvalue weighted by atomic mass is 9.97. The standard InChI is InChI=1S/C20H20N2/c21-18-9-7-16(8-10-18)19-13-20(19,22)12-14-5-6-15-3-1-2-4-17(15)11-14/h1-11,19H,12-13,21-22H2. The van der Waals surface area contributed by atoms with Gasteiger partial charge >= 0.3 is 0 Å². The fraction of sp³-hybridized carbons (Fsp3) is 0.200. The van der Waals surface area contributed by atoms with Crippen LogP contribution in [-0.2, 0) is 6.42 Å². The molecule has 1 fully saturated rings. The van der Waals surface area contributed by atoms with Crippen LogP contribution in [0.5, 0.6) is 0 Å². The summed E-state index contributed by atoms with van der Waals surface area (Å²) in [5, 5.41) is 2.57.